The zero-order valence-electron chi connectivity index (χ0n) is 13.9. The summed E-state index contributed by atoms with van der Waals surface area (Å²) in [7, 11) is 1.62. The van der Waals surface area contributed by atoms with Gasteiger partial charge < -0.3 is 14.6 Å². The van der Waals surface area contributed by atoms with E-state index in [2.05, 4.69) is 10.5 Å². The zero-order chi connectivity index (χ0) is 16.8. The molecule has 0 saturated heterocycles. The van der Waals surface area contributed by atoms with Crippen molar-refractivity contribution in [3.8, 4) is 0 Å². The maximum absolute atomic E-state index is 12.4. The Morgan fingerprint density at radius 2 is 2.13 bits per heavy atom. The highest BCUT2D eigenvalue weighted by Crippen LogP contribution is 2.28. The molecule has 124 valence electrons. The lowest BCUT2D eigenvalue weighted by Crippen LogP contribution is -2.35. The molecule has 1 aromatic carbocycles. The molecule has 0 aliphatic rings. The number of methoxy groups -OCH3 is 1. The molecule has 1 atom stereocenters. The first-order chi connectivity index (χ1) is 11.0. The number of aromatic nitrogens is 1. The van der Waals surface area contributed by atoms with Gasteiger partial charge in [0.05, 0.1) is 17.9 Å². The zero-order valence-corrected chi connectivity index (χ0v) is 14.7. The Hall–Kier alpha value is -1.79. The first-order valence-electron chi connectivity index (χ1n) is 7.46. The summed E-state index contributed by atoms with van der Waals surface area (Å²) in [4.78, 5) is 13.4. The van der Waals surface area contributed by atoms with Gasteiger partial charge in [-0.05, 0) is 32.9 Å². The predicted molar refractivity (Wildman–Crippen MR) is 90.8 cm³/mol. The number of ether oxygens (including phenoxy) is 1. The van der Waals surface area contributed by atoms with Gasteiger partial charge in [0.15, 0.2) is 0 Å². The Balaban J connectivity index is 2.10. The number of hydrogen-bond donors (Lipinski definition) is 1. The molecule has 0 radical (unpaired) electrons. The monoisotopic (exact) mass is 334 g/mol. The van der Waals surface area contributed by atoms with Crippen LogP contribution in [0.2, 0.25) is 0 Å². The fraction of sp³-hybridized carbons (Fsp3) is 0.412. The fourth-order valence-electron chi connectivity index (χ4n) is 2.23. The van der Waals surface area contributed by atoms with E-state index in [4.69, 9.17) is 9.26 Å². The van der Waals surface area contributed by atoms with Crippen LogP contribution in [0, 0.1) is 13.8 Å². The van der Waals surface area contributed by atoms with Crippen LogP contribution in [-0.4, -0.2) is 30.8 Å². The second-order valence-corrected chi connectivity index (χ2v) is 6.43. The molecule has 2 rings (SSSR count). The number of rotatable bonds is 7. The maximum atomic E-state index is 12.4. The molecule has 1 N–H and O–H groups in total. The third kappa shape index (κ3) is 4.59. The summed E-state index contributed by atoms with van der Waals surface area (Å²) in [6.45, 7) is 6.24. The van der Waals surface area contributed by atoms with Crippen molar-refractivity contribution in [2.75, 3.05) is 13.7 Å². The molecule has 2 aromatic rings. The number of hydrogen-bond acceptors (Lipinski definition) is 5. The van der Waals surface area contributed by atoms with Crippen molar-refractivity contribution in [1.29, 1.82) is 0 Å². The van der Waals surface area contributed by atoms with Gasteiger partial charge in [0, 0.05) is 29.4 Å². The average molecular weight is 334 g/mol. The van der Waals surface area contributed by atoms with E-state index < -0.39 is 0 Å². The Labute approximate surface area is 140 Å². The lowest BCUT2D eigenvalue weighted by Gasteiger charge is -2.14. The van der Waals surface area contributed by atoms with E-state index in [1.807, 2.05) is 45.0 Å². The number of carbonyl (C=O) groups is 1. The van der Waals surface area contributed by atoms with Crippen molar-refractivity contribution in [3.63, 3.8) is 0 Å². The van der Waals surface area contributed by atoms with E-state index >= 15 is 0 Å². The Morgan fingerprint density at radius 1 is 1.39 bits per heavy atom. The lowest BCUT2D eigenvalue weighted by atomic mass is 10.2. The summed E-state index contributed by atoms with van der Waals surface area (Å²) in [5, 5.41) is 6.91. The maximum Gasteiger partial charge on any atom is 0.252 e. The van der Waals surface area contributed by atoms with Gasteiger partial charge >= 0.3 is 0 Å². The number of carbonyl (C=O) groups excluding carboxylic acids is 1. The molecular weight excluding hydrogens is 312 g/mol. The molecule has 1 heterocycles. The molecule has 0 spiro atoms. The molecule has 1 aromatic heterocycles. The van der Waals surface area contributed by atoms with Crippen LogP contribution in [0.15, 0.2) is 33.7 Å². The number of nitrogens with one attached hydrogen (secondary N) is 1. The van der Waals surface area contributed by atoms with Gasteiger partial charge in [-0.1, -0.05) is 17.3 Å². The largest absolute Gasteiger partial charge is 0.383 e. The quantitative estimate of drug-likeness (QED) is 0.787. The molecule has 0 unspecified atom stereocenters. The van der Waals surface area contributed by atoms with Crippen LogP contribution in [-0.2, 0) is 10.5 Å². The standard InChI is InChI=1S/C17H22N2O3S/c1-11(9-21-4)18-17(20)14-7-5-6-8-16(14)23-10-15-12(2)19-22-13(15)3/h5-8,11H,9-10H2,1-4H3,(H,18,20)/t11-/m0/s1. The van der Waals surface area contributed by atoms with E-state index in [0.29, 0.717) is 12.2 Å². The molecule has 0 saturated carbocycles. The van der Waals surface area contributed by atoms with Crippen molar-refractivity contribution in [2.24, 2.45) is 0 Å². The molecule has 0 aliphatic heterocycles. The lowest BCUT2D eigenvalue weighted by molar-refractivity contribution is 0.0902. The molecule has 23 heavy (non-hydrogen) atoms. The van der Waals surface area contributed by atoms with Gasteiger partial charge in [0.2, 0.25) is 0 Å². The molecule has 0 aliphatic carbocycles. The van der Waals surface area contributed by atoms with Crippen molar-refractivity contribution in [3.05, 3.63) is 46.8 Å². The van der Waals surface area contributed by atoms with Gasteiger partial charge in [-0.15, -0.1) is 11.8 Å². The number of thioether (sulfide) groups is 1. The van der Waals surface area contributed by atoms with Crippen LogP contribution in [0.4, 0.5) is 0 Å². The molecule has 0 fully saturated rings. The van der Waals surface area contributed by atoms with Crippen molar-refractivity contribution < 1.29 is 14.1 Å². The van der Waals surface area contributed by atoms with Gasteiger partial charge in [-0.3, -0.25) is 4.79 Å². The van der Waals surface area contributed by atoms with Gasteiger partial charge in [0.25, 0.3) is 5.91 Å². The molecule has 0 bridgehead atoms. The number of amides is 1. The van der Waals surface area contributed by atoms with Crippen LogP contribution in [0.1, 0.15) is 34.3 Å². The summed E-state index contributed by atoms with van der Waals surface area (Å²) in [6, 6.07) is 7.57. The molecule has 5 nitrogen and oxygen atoms in total. The van der Waals surface area contributed by atoms with Crippen LogP contribution in [0.5, 0.6) is 0 Å². The van der Waals surface area contributed by atoms with E-state index in [1.165, 1.54) is 0 Å². The van der Waals surface area contributed by atoms with Crippen molar-refractivity contribution >= 4 is 17.7 Å². The Morgan fingerprint density at radius 3 is 2.78 bits per heavy atom. The minimum atomic E-state index is -0.0867. The van der Waals surface area contributed by atoms with Crippen LogP contribution in [0.3, 0.4) is 0 Å². The number of benzene rings is 1. The van der Waals surface area contributed by atoms with Crippen molar-refractivity contribution in [2.45, 2.75) is 37.5 Å². The van der Waals surface area contributed by atoms with E-state index in [0.717, 1.165) is 27.7 Å². The Kier molecular flexibility index (Phi) is 6.24. The van der Waals surface area contributed by atoms with E-state index in [1.54, 1.807) is 18.9 Å². The smallest absolute Gasteiger partial charge is 0.252 e. The summed E-state index contributed by atoms with van der Waals surface area (Å²) < 4.78 is 10.2. The number of nitrogens with zero attached hydrogens (tertiary/aromatic N) is 1. The van der Waals surface area contributed by atoms with Gasteiger partial charge in [-0.25, -0.2) is 0 Å². The first-order valence-corrected chi connectivity index (χ1v) is 8.44. The third-order valence-corrected chi connectivity index (χ3v) is 4.58. The van der Waals surface area contributed by atoms with Gasteiger partial charge in [0.1, 0.15) is 5.76 Å². The van der Waals surface area contributed by atoms with Crippen LogP contribution >= 0.6 is 11.8 Å². The minimum absolute atomic E-state index is 0.0341. The highest BCUT2D eigenvalue weighted by atomic mass is 32.2. The third-order valence-electron chi connectivity index (χ3n) is 3.48. The van der Waals surface area contributed by atoms with Crippen molar-refractivity contribution in [1.82, 2.24) is 10.5 Å². The SMILES string of the molecule is COC[C@H](C)NC(=O)c1ccccc1SCc1c(C)noc1C. The average Bonchev–Trinajstić information content (AvgIpc) is 2.84. The molecule has 6 heteroatoms. The highest BCUT2D eigenvalue weighted by Gasteiger charge is 2.15. The summed E-state index contributed by atoms with van der Waals surface area (Å²) in [5.41, 5.74) is 2.65. The highest BCUT2D eigenvalue weighted by molar-refractivity contribution is 7.98. The van der Waals surface area contributed by atoms with E-state index in [9.17, 15) is 4.79 Å². The predicted octanol–water partition coefficient (Wildman–Crippen LogP) is 3.35. The summed E-state index contributed by atoms with van der Waals surface area (Å²) in [6.07, 6.45) is 0. The second-order valence-electron chi connectivity index (χ2n) is 5.42. The molecule has 1 amide bonds. The van der Waals surface area contributed by atoms with E-state index in [-0.39, 0.29) is 11.9 Å². The fourth-order valence-corrected chi connectivity index (χ4v) is 3.43. The second kappa shape index (κ2) is 8.17. The van der Waals surface area contributed by atoms with Crippen LogP contribution in [0.25, 0.3) is 0 Å². The number of aryl methyl sites for hydroxylation is 2. The summed E-state index contributed by atoms with van der Waals surface area (Å²) >= 11 is 1.61. The topological polar surface area (TPSA) is 64.4 Å². The van der Waals surface area contributed by atoms with Crippen LogP contribution < -0.4 is 5.32 Å². The first kappa shape index (κ1) is 17.6. The summed E-state index contributed by atoms with van der Waals surface area (Å²) in [5.74, 6) is 1.46. The van der Waals surface area contributed by atoms with Gasteiger partial charge in [-0.2, -0.15) is 0 Å². The minimum Gasteiger partial charge on any atom is -0.383 e. The Bertz CT molecular complexity index is 650. The molecular formula is C17H22N2O3S. The normalized spacial score (nSPS) is 12.2.